The molecule has 0 aliphatic carbocycles. The number of carbonyl (C=O) groups excluding carboxylic acids is 1. The number of carbonyl (C=O) groups is 1. The van der Waals surface area contributed by atoms with E-state index in [2.05, 4.69) is 5.32 Å². The van der Waals surface area contributed by atoms with Crippen LogP contribution in [-0.4, -0.2) is 11.3 Å². The Kier molecular flexibility index (Phi) is 3.49. The summed E-state index contributed by atoms with van der Waals surface area (Å²) in [5.41, 5.74) is 1.09. The summed E-state index contributed by atoms with van der Waals surface area (Å²) in [7, 11) is 0. The zero-order valence-corrected chi connectivity index (χ0v) is 8.38. The third-order valence-corrected chi connectivity index (χ3v) is 1.82. The van der Waals surface area contributed by atoms with Crippen molar-refractivity contribution < 1.29 is 4.79 Å². The van der Waals surface area contributed by atoms with Crippen molar-refractivity contribution in [1.29, 1.82) is 5.26 Å². The fourth-order valence-electron chi connectivity index (χ4n) is 0.908. The van der Waals surface area contributed by atoms with Gasteiger partial charge in [-0.15, -0.1) is 11.6 Å². The van der Waals surface area contributed by atoms with Crippen molar-refractivity contribution in [3.05, 3.63) is 29.8 Å². The lowest BCUT2D eigenvalue weighted by Gasteiger charge is -2.05. The van der Waals surface area contributed by atoms with E-state index in [1.165, 1.54) is 0 Å². The van der Waals surface area contributed by atoms with Crippen LogP contribution in [0.1, 0.15) is 12.5 Å². The molecule has 4 heteroatoms. The van der Waals surface area contributed by atoms with Crippen molar-refractivity contribution in [2.24, 2.45) is 0 Å². The van der Waals surface area contributed by atoms with Crippen LogP contribution in [0.25, 0.3) is 0 Å². The van der Waals surface area contributed by atoms with Gasteiger partial charge in [0.25, 0.3) is 0 Å². The van der Waals surface area contributed by atoms with Crippen LogP contribution in [0.15, 0.2) is 24.3 Å². The van der Waals surface area contributed by atoms with E-state index in [4.69, 9.17) is 16.9 Å². The number of nitriles is 1. The van der Waals surface area contributed by atoms with Gasteiger partial charge in [-0.05, 0) is 25.1 Å². The fraction of sp³-hybridized carbons (Fsp3) is 0.200. The SMILES string of the molecule is C[C@@H](Cl)C(=O)Nc1cccc(C#N)c1. The number of hydrogen-bond donors (Lipinski definition) is 1. The van der Waals surface area contributed by atoms with Crippen molar-refractivity contribution >= 4 is 23.2 Å². The van der Waals surface area contributed by atoms with Crippen LogP contribution in [0.5, 0.6) is 0 Å². The molecule has 14 heavy (non-hydrogen) atoms. The molecule has 1 rings (SSSR count). The van der Waals surface area contributed by atoms with Gasteiger partial charge in [0, 0.05) is 5.69 Å². The predicted molar refractivity (Wildman–Crippen MR) is 55.1 cm³/mol. The number of anilines is 1. The summed E-state index contributed by atoms with van der Waals surface area (Å²) < 4.78 is 0. The highest BCUT2D eigenvalue weighted by Crippen LogP contribution is 2.10. The largest absolute Gasteiger partial charge is 0.325 e. The average Bonchev–Trinajstić information content (AvgIpc) is 2.18. The summed E-state index contributed by atoms with van der Waals surface area (Å²) in [5.74, 6) is -0.276. The van der Waals surface area contributed by atoms with E-state index in [9.17, 15) is 4.79 Å². The van der Waals surface area contributed by atoms with Crippen molar-refractivity contribution in [3.63, 3.8) is 0 Å². The molecule has 0 spiro atoms. The first-order valence-corrected chi connectivity index (χ1v) is 4.52. The first-order chi connectivity index (χ1) is 6.63. The topological polar surface area (TPSA) is 52.9 Å². The molecule has 0 bridgehead atoms. The molecule has 0 aliphatic heterocycles. The van der Waals surface area contributed by atoms with Crippen LogP contribution in [0, 0.1) is 11.3 Å². The Bertz CT molecular complexity index is 382. The molecule has 1 aromatic rings. The minimum atomic E-state index is -0.583. The van der Waals surface area contributed by atoms with Crippen LogP contribution in [0.2, 0.25) is 0 Å². The maximum atomic E-state index is 11.2. The van der Waals surface area contributed by atoms with E-state index < -0.39 is 5.38 Å². The van der Waals surface area contributed by atoms with Gasteiger partial charge in [0.1, 0.15) is 5.38 Å². The number of halogens is 1. The van der Waals surface area contributed by atoms with E-state index in [0.29, 0.717) is 11.3 Å². The maximum absolute atomic E-state index is 11.2. The molecular formula is C10H9ClN2O. The summed E-state index contributed by atoms with van der Waals surface area (Å²) in [5, 5.41) is 10.6. The van der Waals surface area contributed by atoms with Crippen LogP contribution < -0.4 is 5.32 Å². The van der Waals surface area contributed by atoms with Gasteiger partial charge in [-0.2, -0.15) is 5.26 Å². The summed E-state index contributed by atoms with van der Waals surface area (Å²) in [4.78, 5) is 11.2. The number of alkyl halides is 1. The van der Waals surface area contributed by atoms with Gasteiger partial charge in [-0.1, -0.05) is 6.07 Å². The molecule has 0 unspecified atom stereocenters. The van der Waals surface area contributed by atoms with Crippen LogP contribution >= 0.6 is 11.6 Å². The Labute approximate surface area is 87.3 Å². The smallest absolute Gasteiger partial charge is 0.242 e. The van der Waals surface area contributed by atoms with Gasteiger partial charge in [-0.3, -0.25) is 4.79 Å². The fourth-order valence-corrected chi connectivity index (χ4v) is 0.963. The molecule has 0 radical (unpaired) electrons. The van der Waals surface area contributed by atoms with Crippen molar-refractivity contribution in [2.45, 2.75) is 12.3 Å². The van der Waals surface area contributed by atoms with Crippen LogP contribution in [0.4, 0.5) is 5.69 Å². The molecule has 1 amide bonds. The minimum Gasteiger partial charge on any atom is -0.325 e. The highest BCUT2D eigenvalue weighted by molar-refractivity contribution is 6.32. The second-order valence-electron chi connectivity index (χ2n) is 2.80. The lowest BCUT2D eigenvalue weighted by atomic mass is 10.2. The van der Waals surface area contributed by atoms with Crippen molar-refractivity contribution in [1.82, 2.24) is 0 Å². The van der Waals surface area contributed by atoms with Crippen molar-refractivity contribution in [3.8, 4) is 6.07 Å². The third-order valence-electron chi connectivity index (χ3n) is 1.62. The molecule has 0 saturated heterocycles. The number of rotatable bonds is 2. The molecular weight excluding hydrogens is 200 g/mol. The van der Waals surface area contributed by atoms with Crippen LogP contribution in [0.3, 0.4) is 0 Å². The quantitative estimate of drug-likeness (QED) is 0.757. The normalized spacial score (nSPS) is 11.5. The summed E-state index contributed by atoms with van der Waals surface area (Å²) in [6, 6.07) is 8.65. The number of nitrogens with zero attached hydrogens (tertiary/aromatic N) is 1. The summed E-state index contributed by atoms with van der Waals surface area (Å²) in [6.07, 6.45) is 0. The van der Waals surface area contributed by atoms with E-state index in [1.807, 2.05) is 6.07 Å². The average molecular weight is 209 g/mol. The Morgan fingerprint density at radius 1 is 1.64 bits per heavy atom. The van der Waals surface area contributed by atoms with Gasteiger partial charge in [-0.25, -0.2) is 0 Å². The molecule has 0 aliphatic rings. The summed E-state index contributed by atoms with van der Waals surface area (Å²) in [6.45, 7) is 1.59. The number of hydrogen-bond acceptors (Lipinski definition) is 2. The molecule has 0 fully saturated rings. The summed E-state index contributed by atoms with van der Waals surface area (Å²) >= 11 is 5.57. The maximum Gasteiger partial charge on any atom is 0.242 e. The first kappa shape index (κ1) is 10.6. The van der Waals surface area contributed by atoms with Gasteiger partial charge in [0.05, 0.1) is 11.6 Å². The van der Waals surface area contributed by atoms with E-state index in [1.54, 1.807) is 31.2 Å². The molecule has 1 N–H and O–H groups in total. The van der Waals surface area contributed by atoms with Crippen LogP contribution in [-0.2, 0) is 4.79 Å². The van der Waals surface area contributed by atoms with Gasteiger partial charge < -0.3 is 5.32 Å². The molecule has 0 aromatic heterocycles. The molecule has 72 valence electrons. The monoisotopic (exact) mass is 208 g/mol. The molecule has 0 heterocycles. The Hall–Kier alpha value is -1.53. The first-order valence-electron chi connectivity index (χ1n) is 4.08. The molecule has 0 saturated carbocycles. The standard InChI is InChI=1S/C10H9ClN2O/c1-7(11)10(14)13-9-4-2-3-8(5-9)6-12/h2-5,7H,1H3,(H,13,14)/t7-/m1/s1. The van der Waals surface area contributed by atoms with Crippen molar-refractivity contribution in [2.75, 3.05) is 5.32 Å². The third kappa shape index (κ3) is 2.75. The molecule has 1 atom stereocenters. The molecule has 1 aromatic carbocycles. The number of amides is 1. The van der Waals surface area contributed by atoms with E-state index in [-0.39, 0.29) is 5.91 Å². The lowest BCUT2D eigenvalue weighted by Crippen LogP contribution is -2.20. The highest BCUT2D eigenvalue weighted by Gasteiger charge is 2.08. The lowest BCUT2D eigenvalue weighted by molar-refractivity contribution is -0.115. The van der Waals surface area contributed by atoms with Gasteiger partial charge in [0.2, 0.25) is 5.91 Å². The zero-order chi connectivity index (χ0) is 10.6. The van der Waals surface area contributed by atoms with Gasteiger partial charge in [0.15, 0.2) is 0 Å². The van der Waals surface area contributed by atoms with Gasteiger partial charge >= 0.3 is 0 Å². The molecule has 3 nitrogen and oxygen atoms in total. The Morgan fingerprint density at radius 3 is 2.93 bits per heavy atom. The zero-order valence-electron chi connectivity index (χ0n) is 7.62. The predicted octanol–water partition coefficient (Wildman–Crippen LogP) is 2.12. The second kappa shape index (κ2) is 4.64. The Morgan fingerprint density at radius 2 is 2.36 bits per heavy atom. The Balaban J connectivity index is 2.78. The minimum absolute atomic E-state index is 0.276. The number of nitrogens with one attached hydrogen (secondary N) is 1. The van der Waals surface area contributed by atoms with E-state index >= 15 is 0 Å². The number of benzene rings is 1. The highest BCUT2D eigenvalue weighted by atomic mass is 35.5. The van der Waals surface area contributed by atoms with E-state index in [0.717, 1.165) is 0 Å². The second-order valence-corrected chi connectivity index (χ2v) is 3.45.